The van der Waals surface area contributed by atoms with Crippen LogP contribution >= 0.6 is 11.6 Å². The summed E-state index contributed by atoms with van der Waals surface area (Å²) in [4.78, 5) is 0. The average Bonchev–Trinajstić information content (AvgIpc) is 2.25. The molecule has 0 spiro atoms. The molecule has 0 atom stereocenters. The van der Waals surface area contributed by atoms with Gasteiger partial charge in [0.15, 0.2) is 0 Å². The quantitative estimate of drug-likeness (QED) is 0.511. The van der Waals surface area contributed by atoms with Crippen molar-refractivity contribution in [2.75, 3.05) is 0 Å². The smallest absolute Gasteiger partial charge is 0.0562 e. The third-order valence-corrected chi connectivity index (χ3v) is 2.58. The summed E-state index contributed by atoms with van der Waals surface area (Å²) in [5, 5.41) is 0.749. The molecule has 0 aliphatic heterocycles. The van der Waals surface area contributed by atoms with E-state index in [0.29, 0.717) is 0 Å². The first-order valence-electron chi connectivity index (χ1n) is 5.58. The van der Waals surface area contributed by atoms with Gasteiger partial charge in [0.1, 0.15) is 0 Å². The summed E-state index contributed by atoms with van der Waals surface area (Å²) in [5.74, 6) is 6.27. The average molecular weight is 221 g/mol. The molecule has 15 heavy (non-hydrogen) atoms. The van der Waals surface area contributed by atoms with Gasteiger partial charge in [0.2, 0.25) is 0 Å². The zero-order valence-electron chi connectivity index (χ0n) is 9.22. The number of unbranched alkanes of at least 4 members (excludes halogenated alkanes) is 4. The van der Waals surface area contributed by atoms with Crippen LogP contribution in [-0.2, 0) is 0 Å². The summed E-state index contributed by atoms with van der Waals surface area (Å²) in [6.07, 6.45) is 6.05. The van der Waals surface area contributed by atoms with Crippen molar-refractivity contribution in [2.45, 2.75) is 39.0 Å². The molecule has 0 radical (unpaired) electrons. The highest BCUT2D eigenvalue weighted by Crippen LogP contribution is 2.13. The lowest BCUT2D eigenvalue weighted by atomic mass is 10.1. The van der Waals surface area contributed by atoms with Gasteiger partial charge < -0.3 is 0 Å². The standard InChI is InChI=1S/C14H17Cl/c1-2-3-4-5-6-7-10-13-11-8-9-12-14(13)15/h8-9,11-12H,2-6H2,1H3. The van der Waals surface area contributed by atoms with Gasteiger partial charge in [0, 0.05) is 12.0 Å². The Morgan fingerprint density at radius 3 is 2.67 bits per heavy atom. The largest absolute Gasteiger partial charge is 0.0978 e. The topological polar surface area (TPSA) is 0 Å². The molecule has 0 aliphatic carbocycles. The number of rotatable bonds is 4. The Morgan fingerprint density at radius 2 is 1.93 bits per heavy atom. The zero-order valence-corrected chi connectivity index (χ0v) is 9.98. The Kier molecular flexibility index (Phi) is 5.97. The highest BCUT2D eigenvalue weighted by molar-refractivity contribution is 6.31. The van der Waals surface area contributed by atoms with Crippen LogP contribution in [0, 0.1) is 11.8 Å². The number of hydrogen-bond donors (Lipinski definition) is 0. The van der Waals surface area contributed by atoms with E-state index in [2.05, 4.69) is 18.8 Å². The van der Waals surface area contributed by atoms with Crippen LogP contribution in [0.25, 0.3) is 0 Å². The molecule has 0 aliphatic rings. The van der Waals surface area contributed by atoms with Crippen LogP contribution in [0.1, 0.15) is 44.6 Å². The first kappa shape index (κ1) is 12.1. The van der Waals surface area contributed by atoms with E-state index in [-0.39, 0.29) is 0 Å². The number of halogens is 1. The van der Waals surface area contributed by atoms with Gasteiger partial charge in [-0.1, -0.05) is 61.8 Å². The summed E-state index contributed by atoms with van der Waals surface area (Å²) in [5.41, 5.74) is 0.939. The van der Waals surface area contributed by atoms with Crippen LogP contribution in [-0.4, -0.2) is 0 Å². The van der Waals surface area contributed by atoms with Crippen LogP contribution in [0.4, 0.5) is 0 Å². The van der Waals surface area contributed by atoms with Crippen LogP contribution in [0.3, 0.4) is 0 Å². The van der Waals surface area contributed by atoms with Gasteiger partial charge in [-0.3, -0.25) is 0 Å². The SMILES string of the molecule is CCCCCCC#Cc1ccccc1Cl. The molecule has 80 valence electrons. The molecule has 0 bridgehead atoms. The van der Waals surface area contributed by atoms with Gasteiger partial charge >= 0.3 is 0 Å². The van der Waals surface area contributed by atoms with Crippen LogP contribution in [0.5, 0.6) is 0 Å². The monoisotopic (exact) mass is 220 g/mol. The van der Waals surface area contributed by atoms with Gasteiger partial charge in [0.05, 0.1) is 5.02 Å². The Hall–Kier alpha value is -0.930. The minimum absolute atomic E-state index is 0.749. The predicted octanol–water partition coefficient (Wildman–Crippen LogP) is 4.66. The second kappa shape index (κ2) is 7.37. The molecule has 0 nitrogen and oxygen atoms in total. The Bertz CT molecular complexity index is 344. The van der Waals surface area contributed by atoms with Crippen molar-refractivity contribution < 1.29 is 0 Å². The highest BCUT2D eigenvalue weighted by Gasteiger charge is 1.92. The number of benzene rings is 1. The van der Waals surface area contributed by atoms with Gasteiger partial charge in [-0.25, -0.2) is 0 Å². The summed E-state index contributed by atoms with van der Waals surface area (Å²) in [7, 11) is 0. The third-order valence-electron chi connectivity index (χ3n) is 2.25. The first-order valence-corrected chi connectivity index (χ1v) is 5.95. The second-order valence-electron chi connectivity index (χ2n) is 3.59. The van der Waals surface area contributed by atoms with E-state index < -0.39 is 0 Å². The highest BCUT2D eigenvalue weighted by atomic mass is 35.5. The Morgan fingerprint density at radius 1 is 1.13 bits per heavy atom. The summed E-state index contributed by atoms with van der Waals surface area (Å²) in [6, 6.07) is 7.73. The Balaban J connectivity index is 2.35. The fourth-order valence-corrected chi connectivity index (χ4v) is 1.54. The fourth-order valence-electron chi connectivity index (χ4n) is 1.36. The van der Waals surface area contributed by atoms with E-state index in [4.69, 9.17) is 11.6 Å². The molecule has 0 unspecified atom stereocenters. The summed E-state index contributed by atoms with van der Waals surface area (Å²) in [6.45, 7) is 2.22. The summed E-state index contributed by atoms with van der Waals surface area (Å²) < 4.78 is 0. The lowest BCUT2D eigenvalue weighted by Gasteiger charge is -1.94. The lowest BCUT2D eigenvalue weighted by Crippen LogP contribution is -1.77. The molecule has 1 rings (SSSR count). The van der Waals surface area contributed by atoms with Crippen molar-refractivity contribution in [3.63, 3.8) is 0 Å². The van der Waals surface area contributed by atoms with E-state index >= 15 is 0 Å². The van der Waals surface area contributed by atoms with Crippen LogP contribution in [0.2, 0.25) is 5.02 Å². The number of hydrogen-bond acceptors (Lipinski definition) is 0. The minimum atomic E-state index is 0.749. The maximum atomic E-state index is 5.98. The summed E-state index contributed by atoms with van der Waals surface area (Å²) >= 11 is 5.98. The predicted molar refractivity (Wildman–Crippen MR) is 67.1 cm³/mol. The molecule has 0 aromatic heterocycles. The molecule has 1 aromatic rings. The normalized spacial score (nSPS) is 9.47. The van der Waals surface area contributed by atoms with E-state index in [9.17, 15) is 0 Å². The van der Waals surface area contributed by atoms with Crippen molar-refractivity contribution in [1.29, 1.82) is 0 Å². The molecule has 1 heteroatoms. The van der Waals surface area contributed by atoms with Crippen molar-refractivity contribution >= 4 is 11.6 Å². The molecular weight excluding hydrogens is 204 g/mol. The minimum Gasteiger partial charge on any atom is -0.0978 e. The van der Waals surface area contributed by atoms with Crippen molar-refractivity contribution in [3.8, 4) is 11.8 Å². The third kappa shape index (κ3) is 4.91. The molecule has 0 fully saturated rings. The van der Waals surface area contributed by atoms with Gasteiger partial charge in [-0.2, -0.15) is 0 Å². The van der Waals surface area contributed by atoms with Crippen molar-refractivity contribution in [3.05, 3.63) is 34.9 Å². The zero-order chi connectivity index (χ0) is 10.9. The van der Waals surface area contributed by atoms with Crippen LogP contribution in [0.15, 0.2) is 24.3 Å². The first-order chi connectivity index (χ1) is 7.34. The molecule has 0 N–H and O–H groups in total. The fraction of sp³-hybridized carbons (Fsp3) is 0.429. The maximum absolute atomic E-state index is 5.98. The van der Waals surface area contributed by atoms with E-state index in [1.807, 2.05) is 24.3 Å². The molecule has 0 amide bonds. The Labute approximate surface area is 97.7 Å². The molecular formula is C14H17Cl. The second-order valence-corrected chi connectivity index (χ2v) is 4.00. The van der Waals surface area contributed by atoms with Crippen molar-refractivity contribution in [2.24, 2.45) is 0 Å². The van der Waals surface area contributed by atoms with E-state index in [0.717, 1.165) is 17.0 Å². The van der Waals surface area contributed by atoms with Gasteiger partial charge in [0.25, 0.3) is 0 Å². The molecule has 0 heterocycles. The van der Waals surface area contributed by atoms with Gasteiger partial charge in [-0.15, -0.1) is 0 Å². The lowest BCUT2D eigenvalue weighted by molar-refractivity contribution is 0.679. The molecule has 0 saturated carbocycles. The maximum Gasteiger partial charge on any atom is 0.0562 e. The van der Waals surface area contributed by atoms with E-state index in [1.165, 1.54) is 25.7 Å². The van der Waals surface area contributed by atoms with E-state index in [1.54, 1.807) is 0 Å². The van der Waals surface area contributed by atoms with Gasteiger partial charge in [-0.05, 0) is 18.6 Å². The van der Waals surface area contributed by atoms with Crippen LogP contribution < -0.4 is 0 Å². The van der Waals surface area contributed by atoms with Crippen molar-refractivity contribution in [1.82, 2.24) is 0 Å². The molecule has 1 aromatic carbocycles. The molecule has 0 saturated heterocycles.